The fraction of sp³-hybridized carbons (Fsp3) is 0.389. The Kier molecular flexibility index (Phi) is 5.38. The highest BCUT2D eigenvalue weighted by molar-refractivity contribution is 6.30. The van der Waals surface area contributed by atoms with Crippen LogP contribution in [0.25, 0.3) is 0 Å². The number of nitrogens with one attached hydrogen (secondary N) is 1. The first kappa shape index (κ1) is 17.5. The van der Waals surface area contributed by atoms with E-state index >= 15 is 0 Å². The van der Waals surface area contributed by atoms with Crippen molar-refractivity contribution in [1.82, 2.24) is 20.0 Å². The lowest BCUT2D eigenvalue weighted by atomic mass is 10.1. The van der Waals surface area contributed by atoms with Crippen molar-refractivity contribution in [2.24, 2.45) is 0 Å². The predicted octanol–water partition coefficient (Wildman–Crippen LogP) is 2.06. The molecule has 0 spiro atoms. The van der Waals surface area contributed by atoms with Gasteiger partial charge in [0.15, 0.2) is 0 Å². The molecule has 2 atom stereocenters. The van der Waals surface area contributed by atoms with Gasteiger partial charge in [0.2, 0.25) is 11.8 Å². The summed E-state index contributed by atoms with van der Waals surface area (Å²) in [5.41, 5.74) is 1.20. The van der Waals surface area contributed by atoms with Crippen molar-refractivity contribution in [1.29, 1.82) is 0 Å². The zero-order chi connectivity index (χ0) is 17.8. The number of benzene rings is 1. The number of likely N-dealkylation sites (tertiary alicyclic amines) is 1. The molecule has 6 nitrogen and oxygen atoms in total. The van der Waals surface area contributed by atoms with E-state index in [-0.39, 0.29) is 17.9 Å². The van der Waals surface area contributed by atoms with E-state index in [1.54, 1.807) is 13.1 Å². The SMILES string of the molecule is C[C@H](C(=O)N[C@H]1CC(=O)N(CCc2ccccc2)C1)n1cc(Cl)cn1. The molecule has 132 valence electrons. The molecular formula is C18H21ClN4O2. The lowest BCUT2D eigenvalue weighted by Gasteiger charge is -2.19. The molecule has 2 heterocycles. The van der Waals surface area contributed by atoms with Crippen molar-refractivity contribution in [2.45, 2.75) is 31.8 Å². The first-order chi connectivity index (χ1) is 12.0. The molecule has 25 heavy (non-hydrogen) atoms. The maximum Gasteiger partial charge on any atom is 0.244 e. The Morgan fingerprint density at radius 3 is 2.84 bits per heavy atom. The van der Waals surface area contributed by atoms with Crippen LogP contribution in [0.1, 0.15) is 24.9 Å². The summed E-state index contributed by atoms with van der Waals surface area (Å²) in [5.74, 6) is -0.0847. The summed E-state index contributed by atoms with van der Waals surface area (Å²) in [6, 6.07) is 9.43. The Hall–Kier alpha value is -2.34. The molecule has 7 heteroatoms. The Balaban J connectivity index is 1.51. The van der Waals surface area contributed by atoms with Gasteiger partial charge in [0, 0.05) is 25.7 Å². The average molecular weight is 361 g/mol. The van der Waals surface area contributed by atoms with E-state index in [4.69, 9.17) is 11.6 Å². The number of carbonyl (C=O) groups excluding carboxylic acids is 2. The lowest BCUT2D eigenvalue weighted by molar-refractivity contribution is -0.127. The normalized spacial score (nSPS) is 18.4. The number of nitrogens with zero attached hydrogens (tertiary/aromatic N) is 3. The number of aromatic nitrogens is 2. The smallest absolute Gasteiger partial charge is 0.244 e. The maximum atomic E-state index is 12.4. The van der Waals surface area contributed by atoms with Gasteiger partial charge in [0.05, 0.1) is 17.3 Å². The summed E-state index contributed by atoms with van der Waals surface area (Å²) in [6.45, 7) is 2.96. The van der Waals surface area contributed by atoms with Gasteiger partial charge in [-0.3, -0.25) is 14.3 Å². The summed E-state index contributed by atoms with van der Waals surface area (Å²) in [6.07, 6.45) is 4.26. The molecule has 1 aromatic carbocycles. The molecule has 0 saturated carbocycles. The van der Waals surface area contributed by atoms with Crippen LogP contribution < -0.4 is 5.32 Å². The Labute approximate surface area is 151 Å². The lowest BCUT2D eigenvalue weighted by Crippen LogP contribution is -2.40. The first-order valence-corrected chi connectivity index (χ1v) is 8.72. The first-order valence-electron chi connectivity index (χ1n) is 8.34. The van der Waals surface area contributed by atoms with Crippen LogP contribution in [0.3, 0.4) is 0 Å². The zero-order valence-electron chi connectivity index (χ0n) is 14.1. The number of carbonyl (C=O) groups is 2. The Morgan fingerprint density at radius 1 is 1.40 bits per heavy atom. The molecule has 1 N–H and O–H groups in total. The largest absolute Gasteiger partial charge is 0.349 e. The number of halogens is 1. The van der Waals surface area contributed by atoms with Crippen LogP contribution in [0.2, 0.25) is 5.02 Å². The van der Waals surface area contributed by atoms with E-state index in [2.05, 4.69) is 22.5 Å². The summed E-state index contributed by atoms with van der Waals surface area (Å²) in [7, 11) is 0. The molecule has 0 radical (unpaired) electrons. The number of hydrogen-bond acceptors (Lipinski definition) is 3. The summed E-state index contributed by atoms with van der Waals surface area (Å²) in [5, 5.41) is 7.48. The molecule has 0 bridgehead atoms. The molecule has 3 rings (SSSR count). The van der Waals surface area contributed by atoms with Crippen LogP contribution in [-0.2, 0) is 16.0 Å². The summed E-state index contributed by atoms with van der Waals surface area (Å²) < 4.78 is 1.52. The number of amides is 2. The third-order valence-electron chi connectivity index (χ3n) is 4.42. The van der Waals surface area contributed by atoms with E-state index in [1.165, 1.54) is 16.4 Å². The van der Waals surface area contributed by atoms with Crippen molar-refractivity contribution < 1.29 is 9.59 Å². The van der Waals surface area contributed by atoms with Gasteiger partial charge in [-0.2, -0.15) is 5.10 Å². The molecule has 0 aliphatic carbocycles. The second-order valence-corrected chi connectivity index (χ2v) is 6.74. The topological polar surface area (TPSA) is 67.2 Å². The van der Waals surface area contributed by atoms with Gasteiger partial charge in [0.1, 0.15) is 6.04 Å². The van der Waals surface area contributed by atoms with Gasteiger partial charge in [-0.1, -0.05) is 41.9 Å². The van der Waals surface area contributed by atoms with Gasteiger partial charge in [-0.25, -0.2) is 0 Å². The van der Waals surface area contributed by atoms with Crippen molar-refractivity contribution in [3.05, 3.63) is 53.3 Å². The van der Waals surface area contributed by atoms with Gasteiger partial charge < -0.3 is 10.2 Å². The second-order valence-electron chi connectivity index (χ2n) is 6.30. The number of rotatable bonds is 6. The fourth-order valence-electron chi connectivity index (χ4n) is 2.96. The van der Waals surface area contributed by atoms with E-state index in [0.29, 0.717) is 24.5 Å². The third-order valence-corrected chi connectivity index (χ3v) is 4.62. The molecule has 0 unspecified atom stereocenters. The maximum absolute atomic E-state index is 12.4. The highest BCUT2D eigenvalue weighted by atomic mass is 35.5. The van der Waals surface area contributed by atoms with Crippen LogP contribution in [-0.4, -0.2) is 45.6 Å². The number of hydrogen-bond donors (Lipinski definition) is 1. The molecule has 1 aliphatic rings. The summed E-state index contributed by atoms with van der Waals surface area (Å²) in [4.78, 5) is 26.3. The molecule has 1 fully saturated rings. The van der Waals surface area contributed by atoms with E-state index < -0.39 is 6.04 Å². The van der Waals surface area contributed by atoms with Gasteiger partial charge in [-0.15, -0.1) is 0 Å². The van der Waals surface area contributed by atoms with E-state index in [0.717, 1.165) is 6.42 Å². The minimum Gasteiger partial charge on any atom is -0.349 e. The van der Waals surface area contributed by atoms with Crippen molar-refractivity contribution >= 4 is 23.4 Å². The predicted molar refractivity (Wildman–Crippen MR) is 95.2 cm³/mol. The van der Waals surface area contributed by atoms with Gasteiger partial charge >= 0.3 is 0 Å². The highest BCUT2D eigenvalue weighted by Gasteiger charge is 2.31. The standard InChI is InChI=1S/C18H21ClN4O2/c1-13(23-11-15(19)10-20-23)18(25)21-16-9-17(24)22(12-16)8-7-14-5-3-2-4-6-14/h2-6,10-11,13,16H,7-9,12H2,1H3,(H,21,25)/t13-,16+/m1/s1. The van der Waals surface area contributed by atoms with Gasteiger partial charge in [-0.05, 0) is 18.9 Å². The molecular weight excluding hydrogens is 340 g/mol. The van der Waals surface area contributed by atoms with Crippen LogP contribution >= 0.6 is 11.6 Å². The van der Waals surface area contributed by atoms with Crippen LogP contribution in [0, 0.1) is 0 Å². The quantitative estimate of drug-likeness (QED) is 0.857. The Bertz CT molecular complexity index is 747. The molecule has 1 saturated heterocycles. The minimum absolute atomic E-state index is 0.0796. The Morgan fingerprint density at radius 2 is 2.16 bits per heavy atom. The molecule has 2 amide bonds. The van der Waals surface area contributed by atoms with Crippen molar-refractivity contribution in [2.75, 3.05) is 13.1 Å². The highest BCUT2D eigenvalue weighted by Crippen LogP contribution is 2.15. The molecule has 2 aromatic rings. The van der Waals surface area contributed by atoms with E-state index in [1.807, 2.05) is 23.1 Å². The second kappa shape index (κ2) is 7.70. The summed E-state index contributed by atoms with van der Waals surface area (Å²) >= 11 is 5.84. The van der Waals surface area contributed by atoms with Crippen molar-refractivity contribution in [3.8, 4) is 0 Å². The fourth-order valence-corrected chi connectivity index (χ4v) is 3.11. The minimum atomic E-state index is -0.471. The van der Waals surface area contributed by atoms with E-state index in [9.17, 15) is 9.59 Å². The van der Waals surface area contributed by atoms with Crippen LogP contribution in [0.4, 0.5) is 0 Å². The van der Waals surface area contributed by atoms with Crippen LogP contribution in [0.5, 0.6) is 0 Å². The molecule has 1 aromatic heterocycles. The average Bonchev–Trinajstić information content (AvgIpc) is 3.19. The van der Waals surface area contributed by atoms with Gasteiger partial charge in [0.25, 0.3) is 0 Å². The molecule has 1 aliphatic heterocycles. The van der Waals surface area contributed by atoms with Crippen molar-refractivity contribution in [3.63, 3.8) is 0 Å². The third kappa shape index (κ3) is 4.39. The van der Waals surface area contributed by atoms with Crippen LogP contribution in [0.15, 0.2) is 42.7 Å². The zero-order valence-corrected chi connectivity index (χ0v) is 14.8. The monoisotopic (exact) mass is 360 g/mol.